The van der Waals surface area contributed by atoms with Crippen LogP contribution in [0.3, 0.4) is 0 Å². The van der Waals surface area contributed by atoms with Gasteiger partial charge in [0.05, 0.1) is 18.2 Å². The number of para-hydroxylation sites is 1. The molecule has 0 saturated heterocycles. The summed E-state index contributed by atoms with van der Waals surface area (Å²) in [5, 5.41) is 11.0. The highest BCUT2D eigenvalue weighted by atomic mass is 16.3. The van der Waals surface area contributed by atoms with Gasteiger partial charge < -0.3 is 10.1 Å². The van der Waals surface area contributed by atoms with Crippen molar-refractivity contribution < 1.29 is 5.11 Å². The van der Waals surface area contributed by atoms with E-state index >= 15 is 0 Å². The molecule has 4 nitrogen and oxygen atoms in total. The van der Waals surface area contributed by atoms with E-state index in [1.54, 1.807) is 6.07 Å². The Morgan fingerprint density at radius 3 is 2.65 bits per heavy atom. The van der Waals surface area contributed by atoms with Crippen LogP contribution in [0, 0.1) is 0 Å². The van der Waals surface area contributed by atoms with Gasteiger partial charge in [-0.1, -0.05) is 48.5 Å². The van der Waals surface area contributed by atoms with Crippen molar-refractivity contribution in [2.75, 3.05) is 6.54 Å². The van der Waals surface area contributed by atoms with Gasteiger partial charge in [-0.3, -0.25) is 9.79 Å². The molecule has 23 heavy (non-hydrogen) atoms. The lowest BCUT2D eigenvalue weighted by Gasteiger charge is -2.07. The van der Waals surface area contributed by atoms with Crippen LogP contribution >= 0.6 is 0 Å². The Morgan fingerprint density at radius 2 is 1.83 bits per heavy atom. The smallest absolute Gasteiger partial charge is 0.257 e. The lowest BCUT2D eigenvalue weighted by atomic mass is 10.1. The summed E-state index contributed by atoms with van der Waals surface area (Å²) in [7, 11) is 0. The van der Waals surface area contributed by atoms with Crippen LogP contribution in [0.5, 0.6) is 0 Å². The van der Waals surface area contributed by atoms with Crippen LogP contribution in [-0.2, 0) is 6.42 Å². The van der Waals surface area contributed by atoms with Crippen molar-refractivity contribution in [2.24, 2.45) is 4.99 Å². The monoisotopic (exact) mass is 306 g/mol. The van der Waals surface area contributed by atoms with Gasteiger partial charge in [-0.15, -0.1) is 0 Å². The SMILES string of the molecule is O=c1[nH]c2ccccc2cc1C=NCC(O)Cc1ccccc1. The first kappa shape index (κ1) is 15.2. The van der Waals surface area contributed by atoms with E-state index < -0.39 is 6.10 Å². The van der Waals surface area contributed by atoms with Gasteiger partial charge in [-0.2, -0.15) is 0 Å². The van der Waals surface area contributed by atoms with Crippen LogP contribution < -0.4 is 5.56 Å². The number of benzene rings is 2. The molecule has 2 aromatic carbocycles. The molecule has 1 unspecified atom stereocenters. The minimum Gasteiger partial charge on any atom is -0.391 e. The standard InChI is InChI=1S/C19H18N2O2/c22-17(10-14-6-2-1-3-7-14)13-20-12-16-11-15-8-4-5-9-18(15)21-19(16)23/h1-9,11-12,17,22H,10,13H2,(H,21,23). The molecule has 1 heterocycles. The van der Waals surface area contributed by atoms with Crippen molar-refractivity contribution in [3.05, 3.63) is 82.1 Å². The zero-order chi connectivity index (χ0) is 16.1. The number of aliphatic imine (C=N–C) groups is 1. The van der Waals surface area contributed by atoms with E-state index in [1.807, 2.05) is 54.6 Å². The number of aromatic nitrogens is 1. The Hall–Kier alpha value is -2.72. The van der Waals surface area contributed by atoms with Gasteiger partial charge >= 0.3 is 0 Å². The first-order chi connectivity index (χ1) is 11.2. The molecule has 0 aliphatic carbocycles. The summed E-state index contributed by atoms with van der Waals surface area (Å²) in [5.74, 6) is 0. The highest BCUT2D eigenvalue weighted by Crippen LogP contribution is 2.09. The molecular formula is C19H18N2O2. The molecule has 3 rings (SSSR count). The fourth-order valence-electron chi connectivity index (χ4n) is 2.48. The number of rotatable bonds is 5. The molecule has 4 heteroatoms. The maximum atomic E-state index is 12.0. The van der Waals surface area contributed by atoms with Gasteiger partial charge in [0.1, 0.15) is 0 Å². The number of nitrogens with zero attached hydrogens (tertiary/aromatic N) is 1. The summed E-state index contributed by atoms with van der Waals surface area (Å²) in [5.41, 5.74) is 2.19. The van der Waals surface area contributed by atoms with Crippen LogP contribution in [0.2, 0.25) is 0 Å². The zero-order valence-electron chi connectivity index (χ0n) is 12.6. The zero-order valence-corrected chi connectivity index (χ0v) is 12.6. The Kier molecular flexibility index (Phi) is 4.64. The molecule has 116 valence electrons. The fourth-order valence-corrected chi connectivity index (χ4v) is 2.48. The predicted molar refractivity (Wildman–Crippen MR) is 93.2 cm³/mol. The molecule has 0 fully saturated rings. The van der Waals surface area contributed by atoms with Crippen molar-refractivity contribution in [1.82, 2.24) is 4.98 Å². The number of aliphatic hydroxyl groups is 1. The molecule has 3 aromatic rings. The average molecular weight is 306 g/mol. The maximum absolute atomic E-state index is 12.0. The first-order valence-electron chi connectivity index (χ1n) is 7.56. The second-order valence-corrected chi connectivity index (χ2v) is 5.48. The maximum Gasteiger partial charge on any atom is 0.257 e. The number of aromatic amines is 1. The third-order valence-corrected chi connectivity index (χ3v) is 3.64. The summed E-state index contributed by atoms with van der Waals surface area (Å²) >= 11 is 0. The highest BCUT2D eigenvalue weighted by Gasteiger charge is 2.04. The number of nitrogens with one attached hydrogen (secondary N) is 1. The number of hydrogen-bond acceptors (Lipinski definition) is 3. The van der Waals surface area contributed by atoms with Gasteiger partial charge in [-0.05, 0) is 23.1 Å². The van der Waals surface area contributed by atoms with Gasteiger partial charge in [0, 0.05) is 18.2 Å². The van der Waals surface area contributed by atoms with Gasteiger partial charge in [0.2, 0.25) is 0 Å². The number of hydrogen-bond donors (Lipinski definition) is 2. The number of H-pyrrole nitrogens is 1. The second kappa shape index (κ2) is 7.03. The lowest BCUT2D eigenvalue weighted by molar-refractivity contribution is 0.184. The van der Waals surface area contributed by atoms with Crippen LogP contribution in [-0.4, -0.2) is 29.0 Å². The third kappa shape index (κ3) is 3.93. The minimum atomic E-state index is -0.562. The molecule has 0 amide bonds. The molecule has 0 bridgehead atoms. The summed E-state index contributed by atoms with van der Waals surface area (Å²) in [4.78, 5) is 19.0. The van der Waals surface area contributed by atoms with Crippen molar-refractivity contribution in [3.8, 4) is 0 Å². The molecule has 0 aliphatic heterocycles. The van der Waals surface area contributed by atoms with Crippen molar-refractivity contribution in [3.63, 3.8) is 0 Å². The third-order valence-electron chi connectivity index (χ3n) is 3.64. The molecular weight excluding hydrogens is 288 g/mol. The summed E-state index contributed by atoms with van der Waals surface area (Å²) in [6, 6.07) is 19.2. The highest BCUT2D eigenvalue weighted by molar-refractivity contribution is 5.87. The molecule has 0 spiro atoms. The average Bonchev–Trinajstić information content (AvgIpc) is 2.56. The van der Waals surface area contributed by atoms with E-state index in [0.717, 1.165) is 16.5 Å². The van der Waals surface area contributed by atoms with Gasteiger partial charge in [0.15, 0.2) is 0 Å². The van der Waals surface area contributed by atoms with Crippen LogP contribution in [0.1, 0.15) is 11.1 Å². The second-order valence-electron chi connectivity index (χ2n) is 5.48. The Bertz CT molecular complexity index is 869. The topological polar surface area (TPSA) is 65.5 Å². The van der Waals surface area contributed by atoms with Crippen LogP contribution in [0.25, 0.3) is 10.9 Å². The molecule has 0 radical (unpaired) electrons. The number of aliphatic hydroxyl groups excluding tert-OH is 1. The Morgan fingerprint density at radius 1 is 1.09 bits per heavy atom. The van der Waals surface area contributed by atoms with Crippen LogP contribution in [0.4, 0.5) is 0 Å². The summed E-state index contributed by atoms with van der Waals surface area (Å²) in [6.07, 6.45) is 1.51. The van der Waals surface area contributed by atoms with E-state index in [2.05, 4.69) is 9.98 Å². The molecule has 2 N–H and O–H groups in total. The quantitative estimate of drug-likeness (QED) is 0.711. The van der Waals surface area contributed by atoms with Gasteiger partial charge in [0.25, 0.3) is 5.56 Å². The normalized spacial score (nSPS) is 12.7. The Labute approximate surface area is 134 Å². The fraction of sp³-hybridized carbons (Fsp3) is 0.158. The predicted octanol–water partition coefficient (Wildman–Crippen LogP) is 2.55. The van der Waals surface area contributed by atoms with Crippen molar-refractivity contribution >= 4 is 17.1 Å². The molecule has 1 aromatic heterocycles. The number of pyridine rings is 1. The minimum absolute atomic E-state index is 0.176. The van der Waals surface area contributed by atoms with Gasteiger partial charge in [-0.25, -0.2) is 0 Å². The van der Waals surface area contributed by atoms with Crippen molar-refractivity contribution in [2.45, 2.75) is 12.5 Å². The Balaban J connectivity index is 1.68. The summed E-state index contributed by atoms with van der Waals surface area (Å²) in [6.45, 7) is 0.265. The van der Waals surface area contributed by atoms with E-state index in [1.165, 1.54) is 6.21 Å². The molecule has 0 saturated carbocycles. The lowest BCUT2D eigenvalue weighted by Crippen LogP contribution is -2.16. The van der Waals surface area contributed by atoms with Crippen LogP contribution in [0.15, 0.2) is 70.5 Å². The van der Waals surface area contributed by atoms with E-state index in [9.17, 15) is 9.90 Å². The van der Waals surface area contributed by atoms with E-state index in [-0.39, 0.29) is 12.1 Å². The molecule has 1 atom stereocenters. The summed E-state index contributed by atoms with van der Waals surface area (Å²) < 4.78 is 0. The van der Waals surface area contributed by atoms with E-state index in [4.69, 9.17) is 0 Å². The van der Waals surface area contributed by atoms with E-state index in [0.29, 0.717) is 12.0 Å². The largest absolute Gasteiger partial charge is 0.391 e. The number of fused-ring (bicyclic) bond motifs is 1. The molecule has 0 aliphatic rings. The first-order valence-corrected chi connectivity index (χ1v) is 7.56. The van der Waals surface area contributed by atoms with Crippen molar-refractivity contribution in [1.29, 1.82) is 0 Å².